The van der Waals surface area contributed by atoms with E-state index in [4.69, 9.17) is 9.63 Å². The molecular formula is C13H14N2O3. The number of carboxylic acid groups (broad SMARTS) is 1. The van der Waals surface area contributed by atoms with E-state index in [-0.39, 0.29) is 11.5 Å². The van der Waals surface area contributed by atoms with Crippen LogP contribution in [0.2, 0.25) is 0 Å². The molecular weight excluding hydrogens is 232 g/mol. The number of carboxylic acids is 1. The van der Waals surface area contributed by atoms with E-state index < -0.39 is 5.97 Å². The molecule has 94 valence electrons. The minimum atomic E-state index is -0.952. The van der Waals surface area contributed by atoms with Gasteiger partial charge in [-0.25, -0.2) is 4.79 Å². The molecule has 0 fully saturated rings. The van der Waals surface area contributed by atoms with Crippen molar-refractivity contribution in [3.05, 3.63) is 35.7 Å². The number of nitrogens with zero attached hydrogens (tertiary/aromatic N) is 2. The molecule has 0 radical (unpaired) electrons. The Morgan fingerprint density at radius 1 is 1.39 bits per heavy atom. The summed E-state index contributed by atoms with van der Waals surface area (Å²) in [6, 6.07) is 6.37. The lowest BCUT2D eigenvalue weighted by Crippen LogP contribution is -1.95. The molecule has 0 amide bonds. The first-order chi connectivity index (χ1) is 8.61. The lowest BCUT2D eigenvalue weighted by molar-refractivity contribution is 0.0697. The predicted molar refractivity (Wildman–Crippen MR) is 65.4 cm³/mol. The van der Waals surface area contributed by atoms with Gasteiger partial charge in [-0.3, -0.25) is 0 Å². The second-order valence-corrected chi connectivity index (χ2v) is 4.15. The number of carbonyl (C=O) groups is 1. The normalized spacial score (nSPS) is 12.3. The van der Waals surface area contributed by atoms with Crippen molar-refractivity contribution in [2.45, 2.75) is 26.2 Å². The Bertz CT molecular complexity index is 546. The van der Waals surface area contributed by atoms with Gasteiger partial charge in [-0.2, -0.15) is 4.98 Å². The molecule has 0 bridgehead atoms. The summed E-state index contributed by atoms with van der Waals surface area (Å²) in [5.41, 5.74) is 0.961. The lowest BCUT2D eigenvalue weighted by Gasteiger charge is -1.99. The highest BCUT2D eigenvalue weighted by Crippen LogP contribution is 2.21. The Balaban J connectivity index is 2.26. The van der Waals surface area contributed by atoms with Crippen LogP contribution in [0.1, 0.15) is 42.4 Å². The van der Waals surface area contributed by atoms with Crippen molar-refractivity contribution in [3.63, 3.8) is 0 Å². The summed E-state index contributed by atoms with van der Waals surface area (Å²) in [5.74, 6) is 0.394. The van der Waals surface area contributed by atoms with E-state index in [0.717, 1.165) is 12.0 Å². The maximum atomic E-state index is 10.7. The van der Waals surface area contributed by atoms with E-state index in [0.29, 0.717) is 11.7 Å². The molecule has 2 rings (SSSR count). The van der Waals surface area contributed by atoms with Crippen LogP contribution < -0.4 is 0 Å². The van der Waals surface area contributed by atoms with Gasteiger partial charge in [0.1, 0.15) is 0 Å². The molecule has 0 aliphatic rings. The number of hydrogen-bond acceptors (Lipinski definition) is 4. The van der Waals surface area contributed by atoms with Crippen LogP contribution >= 0.6 is 0 Å². The van der Waals surface area contributed by atoms with Crippen molar-refractivity contribution in [2.75, 3.05) is 0 Å². The van der Waals surface area contributed by atoms with Crippen LogP contribution in [0.4, 0.5) is 0 Å². The van der Waals surface area contributed by atoms with E-state index in [1.165, 1.54) is 12.1 Å². The van der Waals surface area contributed by atoms with Gasteiger partial charge in [-0.05, 0) is 30.7 Å². The van der Waals surface area contributed by atoms with Gasteiger partial charge in [0, 0.05) is 11.5 Å². The zero-order valence-electron chi connectivity index (χ0n) is 10.3. The standard InChI is InChI=1S/C13H14N2O3/c1-3-8(2)11-14-12(18-15-11)9-4-6-10(7-5-9)13(16)17/h4-8H,3H2,1-2H3,(H,16,17). The van der Waals surface area contributed by atoms with Crippen LogP contribution in [0.15, 0.2) is 28.8 Å². The SMILES string of the molecule is CCC(C)c1noc(-c2ccc(C(=O)O)cc2)n1. The lowest BCUT2D eigenvalue weighted by atomic mass is 10.1. The van der Waals surface area contributed by atoms with Crippen molar-refractivity contribution in [1.82, 2.24) is 10.1 Å². The number of benzene rings is 1. The molecule has 0 saturated carbocycles. The molecule has 1 heterocycles. The smallest absolute Gasteiger partial charge is 0.335 e. The largest absolute Gasteiger partial charge is 0.478 e. The minimum absolute atomic E-state index is 0.236. The number of aromatic carboxylic acids is 1. The Labute approximate surface area is 104 Å². The quantitative estimate of drug-likeness (QED) is 0.897. The summed E-state index contributed by atoms with van der Waals surface area (Å²) in [5, 5.41) is 12.7. The first kappa shape index (κ1) is 12.3. The molecule has 5 heteroatoms. The maximum Gasteiger partial charge on any atom is 0.335 e. The van der Waals surface area contributed by atoms with Crippen molar-refractivity contribution in [1.29, 1.82) is 0 Å². The molecule has 0 aliphatic heterocycles. The molecule has 0 aliphatic carbocycles. The van der Waals surface area contributed by atoms with Crippen LogP contribution in [0.25, 0.3) is 11.5 Å². The van der Waals surface area contributed by atoms with E-state index in [1.54, 1.807) is 12.1 Å². The highest BCUT2D eigenvalue weighted by molar-refractivity contribution is 5.88. The summed E-state index contributed by atoms with van der Waals surface area (Å²) in [6.45, 7) is 4.09. The fraction of sp³-hybridized carbons (Fsp3) is 0.308. The molecule has 1 N–H and O–H groups in total. The third kappa shape index (κ3) is 2.40. The molecule has 1 atom stereocenters. The number of rotatable bonds is 4. The Hall–Kier alpha value is -2.17. The van der Waals surface area contributed by atoms with Gasteiger partial charge < -0.3 is 9.63 Å². The number of aromatic nitrogens is 2. The van der Waals surface area contributed by atoms with Gasteiger partial charge in [0.15, 0.2) is 5.82 Å². The van der Waals surface area contributed by atoms with E-state index >= 15 is 0 Å². The van der Waals surface area contributed by atoms with Gasteiger partial charge in [0.25, 0.3) is 5.89 Å². The highest BCUT2D eigenvalue weighted by atomic mass is 16.5. The maximum absolute atomic E-state index is 10.7. The fourth-order valence-corrected chi connectivity index (χ4v) is 1.49. The predicted octanol–water partition coefficient (Wildman–Crippen LogP) is 2.95. The van der Waals surface area contributed by atoms with E-state index in [1.807, 2.05) is 6.92 Å². The molecule has 18 heavy (non-hydrogen) atoms. The summed E-state index contributed by atoms with van der Waals surface area (Å²) < 4.78 is 5.17. The summed E-state index contributed by atoms with van der Waals surface area (Å²) in [7, 11) is 0. The van der Waals surface area contributed by atoms with Crippen LogP contribution in [0.3, 0.4) is 0 Å². The Kier molecular flexibility index (Phi) is 3.41. The van der Waals surface area contributed by atoms with Crippen LogP contribution in [0.5, 0.6) is 0 Å². The average Bonchev–Trinajstić information content (AvgIpc) is 2.87. The molecule has 0 spiro atoms. The average molecular weight is 246 g/mol. The zero-order chi connectivity index (χ0) is 13.1. The molecule has 5 nitrogen and oxygen atoms in total. The van der Waals surface area contributed by atoms with Crippen molar-refractivity contribution < 1.29 is 14.4 Å². The zero-order valence-corrected chi connectivity index (χ0v) is 10.3. The van der Waals surface area contributed by atoms with E-state index in [2.05, 4.69) is 17.1 Å². The van der Waals surface area contributed by atoms with Gasteiger partial charge in [0.2, 0.25) is 0 Å². The van der Waals surface area contributed by atoms with Crippen LogP contribution in [-0.2, 0) is 0 Å². The molecule has 1 aromatic heterocycles. The highest BCUT2D eigenvalue weighted by Gasteiger charge is 2.13. The summed E-state index contributed by atoms with van der Waals surface area (Å²) in [6.07, 6.45) is 0.941. The van der Waals surface area contributed by atoms with Gasteiger partial charge in [0.05, 0.1) is 5.56 Å². The summed E-state index contributed by atoms with van der Waals surface area (Å²) >= 11 is 0. The number of hydrogen-bond donors (Lipinski definition) is 1. The molecule has 1 aromatic carbocycles. The second-order valence-electron chi connectivity index (χ2n) is 4.15. The van der Waals surface area contributed by atoms with E-state index in [9.17, 15) is 4.79 Å². The first-order valence-electron chi connectivity index (χ1n) is 5.79. The molecule has 1 unspecified atom stereocenters. The minimum Gasteiger partial charge on any atom is -0.478 e. The van der Waals surface area contributed by atoms with Gasteiger partial charge in [-0.1, -0.05) is 19.0 Å². The Morgan fingerprint density at radius 2 is 2.06 bits per heavy atom. The molecule has 0 saturated heterocycles. The Morgan fingerprint density at radius 3 is 2.61 bits per heavy atom. The summed E-state index contributed by atoms with van der Waals surface area (Å²) in [4.78, 5) is 15.0. The molecule has 2 aromatic rings. The third-order valence-electron chi connectivity index (χ3n) is 2.87. The first-order valence-corrected chi connectivity index (χ1v) is 5.79. The van der Waals surface area contributed by atoms with Crippen LogP contribution in [-0.4, -0.2) is 21.2 Å². The van der Waals surface area contributed by atoms with Gasteiger partial charge in [-0.15, -0.1) is 0 Å². The second kappa shape index (κ2) is 5.00. The van der Waals surface area contributed by atoms with Crippen LogP contribution in [0, 0.1) is 0 Å². The monoisotopic (exact) mass is 246 g/mol. The van der Waals surface area contributed by atoms with Crippen molar-refractivity contribution >= 4 is 5.97 Å². The van der Waals surface area contributed by atoms with Crippen molar-refractivity contribution in [3.8, 4) is 11.5 Å². The third-order valence-corrected chi connectivity index (χ3v) is 2.87. The topological polar surface area (TPSA) is 76.2 Å². The fourth-order valence-electron chi connectivity index (χ4n) is 1.49. The van der Waals surface area contributed by atoms with Crippen molar-refractivity contribution in [2.24, 2.45) is 0 Å². The van der Waals surface area contributed by atoms with Gasteiger partial charge >= 0.3 is 5.97 Å².